The van der Waals surface area contributed by atoms with Gasteiger partial charge in [-0.05, 0) is 17.7 Å². The van der Waals surface area contributed by atoms with E-state index >= 15 is 0 Å². The van der Waals surface area contributed by atoms with Gasteiger partial charge in [0.05, 0.1) is 1.37 Å². The molecule has 0 saturated carbocycles. The minimum atomic E-state index is -0.564. The fraction of sp³-hybridized carbons (Fsp3) is 0.0769. The van der Waals surface area contributed by atoms with Crippen molar-refractivity contribution in [3.05, 3.63) is 66.0 Å². The normalized spacial score (nSPS) is 10.9. The zero-order chi connectivity index (χ0) is 11.4. The molecule has 0 atom stereocenters. The van der Waals surface area contributed by atoms with Crippen molar-refractivity contribution >= 4 is 0 Å². The predicted octanol–water partition coefficient (Wildman–Crippen LogP) is 3.40. The van der Waals surface area contributed by atoms with Gasteiger partial charge in [-0.3, -0.25) is 0 Å². The number of hydrogen-bond acceptors (Lipinski definition) is 1. The molecule has 2 heteroatoms. The van der Waals surface area contributed by atoms with E-state index in [4.69, 9.17) is 6.11 Å². The third-order valence-corrected chi connectivity index (χ3v) is 1.99. The van der Waals surface area contributed by atoms with Gasteiger partial charge in [-0.1, -0.05) is 36.4 Å². The molecule has 0 aromatic heterocycles. The number of rotatable bonds is 3. The maximum absolute atomic E-state index is 13.0. The molecule has 2 aromatic carbocycles. The van der Waals surface area contributed by atoms with Gasteiger partial charge in [-0.15, -0.1) is 0 Å². The van der Waals surface area contributed by atoms with Gasteiger partial charge >= 0.3 is 0 Å². The van der Waals surface area contributed by atoms with Gasteiger partial charge in [-0.25, -0.2) is 4.39 Å². The van der Waals surface area contributed by atoms with E-state index < -0.39 is 5.82 Å². The second-order valence-corrected chi connectivity index (χ2v) is 3.15. The maximum atomic E-state index is 13.0. The van der Waals surface area contributed by atoms with Crippen LogP contribution in [0.2, 0.25) is 0 Å². The van der Waals surface area contributed by atoms with Crippen LogP contribution in [0, 0.1) is 5.82 Å². The molecule has 0 aliphatic carbocycles. The zero-order valence-electron chi connectivity index (χ0n) is 9.11. The van der Waals surface area contributed by atoms with Gasteiger partial charge in [0.25, 0.3) is 0 Å². The Balaban J connectivity index is 2.03. The van der Waals surface area contributed by atoms with E-state index in [2.05, 4.69) is 0 Å². The van der Waals surface area contributed by atoms with E-state index in [0.29, 0.717) is 12.4 Å². The van der Waals surface area contributed by atoms with Crippen LogP contribution in [0.15, 0.2) is 54.6 Å². The summed E-state index contributed by atoms with van der Waals surface area (Å²) in [6, 6.07) is 13.7. The Labute approximate surface area is 89.5 Å². The van der Waals surface area contributed by atoms with E-state index in [1.54, 1.807) is 6.07 Å². The largest absolute Gasteiger partial charge is 0.489 e. The quantitative estimate of drug-likeness (QED) is 0.742. The molecule has 0 fully saturated rings. The second kappa shape index (κ2) is 4.60. The highest BCUT2D eigenvalue weighted by Crippen LogP contribution is 2.13. The van der Waals surface area contributed by atoms with Crippen LogP contribution in [-0.2, 0) is 6.61 Å². The van der Waals surface area contributed by atoms with Gasteiger partial charge in [0.2, 0.25) is 0 Å². The SMILES string of the molecule is [2H]c1ccc(OCc2ccccc2)cc1F. The molecule has 2 rings (SSSR count). The van der Waals surface area contributed by atoms with E-state index in [1.165, 1.54) is 12.1 Å². The van der Waals surface area contributed by atoms with Crippen LogP contribution in [-0.4, -0.2) is 0 Å². The molecule has 0 unspecified atom stereocenters. The highest BCUT2D eigenvalue weighted by atomic mass is 19.1. The highest BCUT2D eigenvalue weighted by molar-refractivity contribution is 5.23. The number of hydrogen-bond donors (Lipinski definition) is 0. The van der Waals surface area contributed by atoms with Crippen LogP contribution in [0.1, 0.15) is 6.93 Å². The first-order valence-corrected chi connectivity index (χ1v) is 4.68. The summed E-state index contributed by atoms with van der Waals surface area (Å²) in [7, 11) is 0. The number of benzene rings is 2. The molecule has 0 spiro atoms. The summed E-state index contributed by atoms with van der Waals surface area (Å²) in [5, 5.41) is 0. The van der Waals surface area contributed by atoms with Crippen LogP contribution < -0.4 is 4.74 Å². The fourth-order valence-corrected chi connectivity index (χ4v) is 1.25. The fourth-order valence-electron chi connectivity index (χ4n) is 1.25. The lowest BCUT2D eigenvalue weighted by molar-refractivity contribution is 0.304. The lowest BCUT2D eigenvalue weighted by atomic mass is 10.2. The van der Waals surface area contributed by atoms with Gasteiger partial charge in [0.15, 0.2) is 0 Å². The lowest BCUT2D eigenvalue weighted by Crippen LogP contribution is -1.94. The summed E-state index contributed by atoms with van der Waals surface area (Å²) in [5.74, 6) is -0.122. The average molecular weight is 203 g/mol. The molecule has 0 saturated heterocycles. The lowest BCUT2D eigenvalue weighted by Gasteiger charge is -2.05. The molecule has 0 bridgehead atoms. The first-order valence-electron chi connectivity index (χ1n) is 5.18. The van der Waals surface area contributed by atoms with Crippen molar-refractivity contribution in [2.24, 2.45) is 0 Å². The van der Waals surface area contributed by atoms with E-state index in [0.717, 1.165) is 5.56 Å². The van der Waals surface area contributed by atoms with Crippen LogP contribution >= 0.6 is 0 Å². The van der Waals surface area contributed by atoms with Gasteiger partial charge in [-0.2, -0.15) is 0 Å². The topological polar surface area (TPSA) is 9.23 Å². The summed E-state index contributed by atoms with van der Waals surface area (Å²) in [6.45, 7) is 0.400. The van der Waals surface area contributed by atoms with Crippen LogP contribution in [0.3, 0.4) is 0 Å². The smallest absolute Gasteiger partial charge is 0.126 e. The van der Waals surface area contributed by atoms with Crippen molar-refractivity contribution in [1.29, 1.82) is 0 Å². The van der Waals surface area contributed by atoms with Crippen molar-refractivity contribution in [1.82, 2.24) is 0 Å². The van der Waals surface area contributed by atoms with Crippen LogP contribution in [0.25, 0.3) is 0 Å². The van der Waals surface area contributed by atoms with E-state index in [-0.39, 0.29) is 6.04 Å². The first kappa shape index (κ1) is 8.48. The summed E-state index contributed by atoms with van der Waals surface area (Å²) >= 11 is 0. The van der Waals surface area contributed by atoms with Crippen molar-refractivity contribution in [3.63, 3.8) is 0 Å². The molecule has 1 nitrogen and oxygen atoms in total. The van der Waals surface area contributed by atoms with Crippen molar-refractivity contribution < 1.29 is 10.5 Å². The summed E-state index contributed by atoms with van der Waals surface area (Å²) in [5.41, 5.74) is 1.03. The number of halogens is 1. The van der Waals surface area contributed by atoms with Crippen molar-refractivity contribution in [3.8, 4) is 5.75 Å². The number of ether oxygens (including phenoxy) is 1. The first-order chi connectivity index (χ1) is 7.75. The monoisotopic (exact) mass is 203 g/mol. The van der Waals surface area contributed by atoms with Crippen molar-refractivity contribution in [2.75, 3.05) is 0 Å². The van der Waals surface area contributed by atoms with Gasteiger partial charge < -0.3 is 4.74 Å². The summed E-state index contributed by atoms with van der Waals surface area (Å²) in [6.07, 6.45) is 0. The predicted molar refractivity (Wildman–Crippen MR) is 57.2 cm³/mol. The van der Waals surface area contributed by atoms with Crippen molar-refractivity contribution in [2.45, 2.75) is 6.61 Å². The standard InChI is InChI=1S/C13H11FO/c14-12-7-4-8-13(9-12)15-10-11-5-2-1-3-6-11/h1-9H,10H2/i7D. The molecule has 15 heavy (non-hydrogen) atoms. The molecular weight excluding hydrogens is 191 g/mol. The molecule has 2 aromatic rings. The third kappa shape index (κ3) is 2.81. The average Bonchev–Trinajstić information content (AvgIpc) is 2.32. The molecule has 0 heterocycles. The Morgan fingerprint density at radius 1 is 1.13 bits per heavy atom. The zero-order valence-corrected chi connectivity index (χ0v) is 8.11. The third-order valence-electron chi connectivity index (χ3n) is 1.99. The Morgan fingerprint density at radius 2 is 1.93 bits per heavy atom. The Kier molecular flexibility index (Phi) is 2.60. The van der Waals surface area contributed by atoms with E-state index in [9.17, 15) is 4.39 Å². The van der Waals surface area contributed by atoms with E-state index in [1.807, 2.05) is 30.3 Å². The minimum Gasteiger partial charge on any atom is -0.489 e. The van der Waals surface area contributed by atoms with Gasteiger partial charge in [0.1, 0.15) is 18.2 Å². The van der Waals surface area contributed by atoms with Crippen LogP contribution in [0.5, 0.6) is 5.75 Å². The molecule has 76 valence electrons. The summed E-state index contributed by atoms with van der Waals surface area (Å²) in [4.78, 5) is 0. The molecule has 0 N–H and O–H groups in total. The Bertz CT molecular complexity index is 471. The Hall–Kier alpha value is -1.83. The second-order valence-electron chi connectivity index (χ2n) is 3.15. The summed E-state index contributed by atoms with van der Waals surface area (Å²) < 4.78 is 25.6. The highest BCUT2D eigenvalue weighted by Gasteiger charge is 1.96. The molecule has 0 aliphatic rings. The molecule has 0 amide bonds. The van der Waals surface area contributed by atoms with Crippen LogP contribution in [0.4, 0.5) is 4.39 Å². The molecule has 0 radical (unpaired) electrons. The Morgan fingerprint density at radius 3 is 2.67 bits per heavy atom. The maximum Gasteiger partial charge on any atom is 0.126 e. The van der Waals surface area contributed by atoms with Gasteiger partial charge in [0, 0.05) is 6.07 Å². The minimum absolute atomic E-state index is 0.118. The molecular formula is C13H11FO. The molecule has 0 aliphatic heterocycles.